The molecule has 2 rings (SSSR count). The van der Waals surface area contributed by atoms with Crippen LogP contribution in [-0.2, 0) is 4.74 Å². The summed E-state index contributed by atoms with van der Waals surface area (Å²) in [5.74, 6) is -0.356. The zero-order chi connectivity index (χ0) is 20.9. The molecule has 0 bridgehead atoms. The van der Waals surface area contributed by atoms with Crippen molar-refractivity contribution in [1.82, 2.24) is 0 Å². The Morgan fingerprint density at radius 2 is 1.93 bits per heavy atom. The zero-order valence-corrected chi connectivity index (χ0v) is 15.5. The van der Waals surface area contributed by atoms with Crippen LogP contribution in [-0.4, -0.2) is 23.2 Å². The summed E-state index contributed by atoms with van der Waals surface area (Å²) in [5, 5.41) is 22.6. The molecule has 0 aliphatic heterocycles. The number of ether oxygens (including phenoxy) is 2. The molecule has 0 aromatic heterocycles. The molecular weight excluding hydrogens is 369 g/mol. The Hall–Kier alpha value is -3.67. The summed E-state index contributed by atoms with van der Waals surface area (Å²) in [6.45, 7) is 4.64. The van der Waals surface area contributed by atoms with Crippen molar-refractivity contribution < 1.29 is 23.6 Å². The predicted octanol–water partition coefficient (Wildman–Crippen LogP) is 4.65. The van der Waals surface area contributed by atoms with E-state index in [1.807, 2.05) is 0 Å². The van der Waals surface area contributed by atoms with E-state index in [0.29, 0.717) is 5.56 Å². The number of nitro groups is 1. The number of rotatable bonds is 5. The first-order valence-corrected chi connectivity index (χ1v) is 8.19. The molecule has 0 aliphatic rings. The van der Waals surface area contributed by atoms with Crippen LogP contribution in [0.15, 0.2) is 36.4 Å². The molecule has 0 radical (unpaired) electrons. The minimum absolute atomic E-state index is 0.116. The topological polar surface area (TPSA) is 114 Å². The Labute approximate surface area is 160 Å². The summed E-state index contributed by atoms with van der Waals surface area (Å²) in [6.07, 6.45) is -0.878. The first kappa shape index (κ1) is 20.6. The third kappa shape index (κ3) is 5.41. The maximum Gasteiger partial charge on any atom is 0.412 e. The zero-order valence-electron chi connectivity index (χ0n) is 15.5. The van der Waals surface area contributed by atoms with Crippen molar-refractivity contribution >= 4 is 17.5 Å². The Balaban J connectivity index is 2.53. The molecule has 0 saturated carbocycles. The Kier molecular flexibility index (Phi) is 6.15. The average Bonchev–Trinajstić information content (AvgIpc) is 2.58. The standard InChI is InChI=1S/C19H18FN3O5/c1-19(2,3)28-18(24)22-15-11-17(27-9-8-21)14(10-16(15)23(25)26)12-4-6-13(20)7-5-12/h4-7,10-11H,9H2,1-3H3,(H,22,24). The molecule has 2 aromatic rings. The fraction of sp³-hybridized carbons (Fsp3) is 0.263. The molecule has 0 spiro atoms. The van der Waals surface area contributed by atoms with E-state index in [1.54, 1.807) is 26.8 Å². The van der Waals surface area contributed by atoms with Crippen LogP contribution in [0, 0.1) is 27.3 Å². The van der Waals surface area contributed by atoms with Gasteiger partial charge in [-0.3, -0.25) is 15.4 Å². The van der Waals surface area contributed by atoms with Gasteiger partial charge in [-0.25, -0.2) is 9.18 Å². The van der Waals surface area contributed by atoms with Crippen molar-refractivity contribution in [3.8, 4) is 22.9 Å². The third-order valence-electron chi connectivity index (χ3n) is 3.38. The third-order valence-corrected chi connectivity index (χ3v) is 3.38. The molecule has 9 heteroatoms. The van der Waals surface area contributed by atoms with E-state index in [4.69, 9.17) is 14.7 Å². The SMILES string of the molecule is CC(C)(C)OC(=O)Nc1cc(OCC#N)c(-c2ccc(F)cc2)cc1[N+](=O)[O-]. The molecule has 0 saturated heterocycles. The summed E-state index contributed by atoms with van der Waals surface area (Å²) in [6, 6.07) is 9.47. The van der Waals surface area contributed by atoms with E-state index in [0.717, 1.165) is 0 Å². The van der Waals surface area contributed by atoms with Gasteiger partial charge in [0, 0.05) is 17.7 Å². The van der Waals surface area contributed by atoms with Crippen LogP contribution in [0.1, 0.15) is 20.8 Å². The van der Waals surface area contributed by atoms with Gasteiger partial charge in [0.25, 0.3) is 5.69 Å². The number of benzene rings is 2. The van der Waals surface area contributed by atoms with Crippen LogP contribution < -0.4 is 10.1 Å². The summed E-state index contributed by atoms with van der Waals surface area (Å²) in [4.78, 5) is 22.9. The highest BCUT2D eigenvalue weighted by Crippen LogP contribution is 2.39. The first-order chi connectivity index (χ1) is 13.1. The van der Waals surface area contributed by atoms with Crippen LogP contribution >= 0.6 is 0 Å². The minimum atomic E-state index is -0.878. The van der Waals surface area contributed by atoms with Crippen LogP contribution in [0.3, 0.4) is 0 Å². The Bertz CT molecular complexity index is 930. The number of halogens is 1. The molecule has 28 heavy (non-hydrogen) atoms. The van der Waals surface area contributed by atoms with E-state index >= 15 is 0 Å². The maximum atomic E-state index is 13.2. The fourth-order valence-corrected chi connectivity index (χ4v) is 2.32. The van der Waals surface area contributed by atoms with Crippen LogP contribution in [0.2, 0.25) is 0 Å². The number of hydrogen-bond donors (Lipinski definition) is 1. The van der Waals surface area contributed by atoms with Crippen molar-refractivity contribution in [2.24, 2.45) is 0 Å². The summed E-state index contributed by atoms with van der Waals surface area (Å²) < 4.78 is 23.7. The molecule has 0 fully saturated rings. The lowest BCUT2D eigenvalue weighted by molar-refractivity contribution is -0.383. The molecule has 1 amide bonds. The smallest absolute Gasteiger partial charge is 0.412 e. The maximum absolute atomic E-state index is 13.2. The number of nitrogens with zero attached hydrogens (tertiary/aromatic N) is 2. The van der Waals surface area contributed by atoms with Crippen molar-refractivity contribution in [1.29, 1.82) is 5.26 Å². The van der Waals surface area contributed by atoms with Crippen molar-refractivity contribution in [2.75, 3.05) is 11.9 Å². The molecule has 0 heterocycles. The summed E-state index contributed by atoms with van der Waals surface area (Å²) in [5.41, 5.74) is -0.641. The van der Waals surface area contributed by atoms with Crippen LogP contribution in [0.5, 0.6) is 5.75 Å². The van der Waals surface area contributed by atoms with E-state index in [-0.39, 0.29) is 23.6 Å². The normalized spacial score (nSPS) is 10.7. The van der Waals surface area contributed by atoms with E-state index < -0.39 is 28.1 Å². The number of nitrogens with one attached hydrogen (secondary N) is 1. The fourth-order valence-electron chi connectivity index (χ4n) is 2.32. The van der Waals surface area contributed by atoms with Crippen molar-refractivity contribution in [2.45, 2.75) is 26.4 Å². The highest BCUT2D eigenvalue weighted by molar-refractivity contribution is 5.91. The Morgan fingerprint density at radius 3 is 2.46 bits per heavy atom. The second-order valence-corrected chi connectivity index (χ2v) is 6.70. The molecule has 0 atom stereocenters. The van der Waals surface area contributed by atoms with Crippen LogP contribution in [0.4, 0.5) is 20.6 Å². The molecular formula is C19H18FN3O5. The van der Waals surface area contributed by atoms with Gasteiger partial charge in [0.1, 0.15) is 28.9 Å². The number of anilines is 1. The summed E-state index contributed by atoms with van der Waals surface area (Å²) >= 11 is 0. The van der Waals surface area contributed by atoms with Gasteiger partial charge in [0.15, 0.2) is 6.61 Å². The summed E-state index contributed by atoms with van der Waals surface area (Å²) in [7, 11) is 0. The Morgan fingerprint density at radius 1 is 1.29 bits per heavy atom. The predicted molar refractivity (Wildman–Crippen MR) is 99.5 cm³/mol. The average molecular weight is 387 g/mol. The molecule has 8 nitrogen and oxygen atoms in total. The van der Waals surface area contributed by atoms with Gasteiger partial charge in [-0.1, -0.05) is 12.1 Å². The van der Waals surface area contributed by atoms with Crippen molar-refractivity contribution in [3.05, 3.63) is 52.3 Å². The molecule has 0 unspecified atom stereocenters. The highest BCUT2D eigenvalue weighted by Gasteiger charge is 2.24. The molecule has 2 aromatic carbocycles. The lowest BCUT2D eigenvalue weighted by Gasteiger charge is -2.20. The van der Waals surface area contributed by atoms with Crippen LogP contribution in [0.25, 0.3) is 11.1 Å². The van der Waals surface area contributed by atoms with E-state index in [2.05, 4.69) is 5.32 Å². The molecule has 0 aliphatic carbocycles. The second kappa shape index (κ2) is 8.35. The van der Waals surface area contributed by atoms with Crippen molar-refractivity contribution in [3.63, 3.8) is 0 Å². The van der Waals surface area contributed by atoms with Gasteiger partial charge in [-0.05, 0) is 38.5 Å². The van der Waals surface area contributed by atoms with Gasteiger partial charge >= 0.3 is 6.09 Å². The number of carbonyl (C=O) groups excluding carboxylic acids is 1. The highest BCUT2D eigenvalue weighted by atomic mass is 19.1. The van der Waals surface area contributed by atoms with Gasteiger partial charge in [-0.2, -0.15) is 5.26 Å². The monoisotopic (exact) mass is 387 g/mol. The quantitative estimate of drug-likeness (QED) is 0.590. The molecule has 1 N–H and O–H groups in total. The largest absolute Gasteiger partial charge is 0.478 e. The van der Waals surface area contributed by atoms with Gasteiger partial charge in [-0.15, -0.1) is 0 Å². The van der Waals surface area contributed by atoms with E-state index in [9.17, 15) is 19.3 Å². The number of nitro benzene ring substituents is 1. The second-order valence-electron chi connectivity index (χ2n) is 6.70. The van der Waals surface area contributed by atoms with E-state index in [1.165, 1.54) is 36.4 Å². The van der Waals surface area contributed by atoms with Gasteiger partial charge in [0.2, 0.25) is 0 Å². The molecule has 146 valence electrons. The lowest BCUT2D eigenvalue weighted by atomic mass is 10.0. The number of carbonyl (C=O) groups is 1. The van der Waals surface area contributed by atoms with Gasteiger partial charge in [0.05, 0.1) is 4.92 Å². The van der Waals surface area contributed by atoms with Gasteiger partial charge < -0.3 is 9.47 Å². The number of hydrogen-bond acceptors (Lipinski definition) is 6. The number of nitriles is 1. The number of amides is 1. The lowest BCUT2D eigenvalue weighted by Crippen LogP contribution is -2.27. The minimum Gasteiger partial charge on any atom is -0.478 e. The first-order valence-electron chi connectivity index (χ1n) is 8.19.